The Morgan fingerprint density at radius 3 is 2.25 bits per heavy atom. The van der Waals surface area contributed by atoms with Crippen molar-refractivity contribution in [3.05, 3.63) is 144 Å². The van der Waals surface area contributed by atoms with Crippen LogP contribution in [0.3, 0.4) is 0 Å². The van der Waals surface area contributed by atoms with Crippen LogP contribution in [-0.2, 0) is 7.05 Å². The van der Waals surface area contributed by atoms with Gasteiger partial charge in [-0.15, -0.1) is 11.8 Å². The largest absolute Gasteiger partial charge is 0.327 e. The molecule has 52 heavy (non-hydrogen) atoms. The average Bonchev–Trinajstić information content (AvgIpc) is 3.98. The highest BCUT2D eigenvalue weighted by molar-refractivity contribution is 7.98. The van der Waals surface area contributed by atoms with Crippen molar-refractivity contribution in [3.63, 3.8) is 0 Å². The number of hydrogen-bond donors (Lipinski definition) is 0. The molecule has 4 aromatic carbocycles. The Bertz CT molecular complexity index is 2820. The summed E-state index contributed by atoms with van der Waals surface area (Å²) in [5.41, 5.74) is 6.97. The van der Waals surface area contributed by atoms with Crippen LogP contribution < -0.4 is 4.80 Å². The van der Waals surface area contributed by atoms with Gasteiger partial charge in [-0.05, 0) is 48.7 Å². The molecule has 252 valence electrons. The topological polar surface area (TPSA) is 113 Å². The molecular formula is C39H28N10OS2. The lowest BCUT2D eigenvalue weighted by molar-refractivity contribution is 0.0998. The van der Waals surface area contributed by atoms with Gasteiger partial charge in [-0.1, -0.05) is 90.2 Å². The zero-order valence-corrected chi connectivity index (χ0v) is 29.5. The fraction of sp³-hybridized carbons (Fsp3) is 0.0513. The van der Waals surface area contributed by atoms with Crippen molar-refractivity contribution >= 4 is 45.7 Å². The minimum absolute atomic E-state index is 0.356. The fourth-order valence-corrected chi connectivity index (χ4v) is 7.62. The number of carbonyl (C=O) groups is 1. The van der Waals surface area contributed by atoms with Crippen LogP contribution in [0.2, 0.25) is 0 Å². The Hall–Kier alpha value is -6.44. The molecule has 13 heteroatoms. The quantitative estimate of drug-likeness (QED) is 0.157. The molecule has 5 aromatic heterocycles. The summed E-state index contributed by atoms with van der Waals surface area (Å²) in [6.45, 7) is 0. The van der Waals surface area contributed by atoms with Crippen LogP contribution in [0, 0.1) is 0 Å². The third-order valence-electron chi connectivity index (χ3n) is 8.66. The van der Waals surface area contributed by atoms with Gasteiger partial charge in [0, 0.05) is 30.4 Å². The van der Waals surface area contributed by atoms with E-state index in [1.165, 1.54) is 23.1 Å². The lowest BCUT2D eigenvalue weighted by atomic mass is 10.2. The average molecular weight is 717 g/mol. The Morgan fingerprint density at radius 1 is 0.788 bits per heavy atom. The number of hydrogen-bond acceptors (Lipinski definition) is 8. The standard InChI is InChI=1S/C39H28N10OS2/c1-46-30-21-13-12-20-28(30)41-34(46)33-37(51-2)45-47(27-18-10-5-11-19-27)38(33)49-39(42-35(50)26-16-8-4-9-17-26)52-36(44-49)31-22-23-40-32-24-29(43-48(31)32)25-14-6-3-7-15-25/h3-24H,1-2H3. The van der Waals surface area contributed by atoms with Gasteiger partial charge in [0.15, 0.2) is 16.5 Å². The zero-order valence-electron chi connectivity index (χ0n) is 27.9. The lowest BCUT2D eigenvalue weighted by Crippen LogP contribution is -2.21. The number of benzene rings is 4. The first-order valence-electron chi connectivity index (χ1n) is 16.4. The van der Waals surface area contributed by atoms with E-state index in [1.807, 2.05) is 133 Å². The van der Waals surface area contributed by atoms with E-state index in [4.69, 9.17) is 25.3 Å². The maximum atomic E-state index is 13.8. The predicted octanol–water partition coefficient (Wildman–Crippen LogP) is 7.51. The van der Waals surface area contributed by atoms with E-state index in [0.29, 0.717) is 38.4 Å². The van der Waals surface area contributed by atoms with Gasteiger partial charge < -0.3 is 4.57 Å². The van der Waals surface area contributed by atoms with Crippen molar-refractivity contribution < 1.29 is 4.79 Å². The molecule has 0 unspecified atom stereocenters. The Morgan fingerprint density at radius 2 is 1.50 bits per heavy atom. The van der Waals surface area contributed by atoms with Gasteiger partial charge in [-0.25, -0.2) is 19.2 Å². The summed E-state index contributed by atoms with van der Waals surface area (Å²) < 4.78 is 7.40. The number of carbonyl (C=O) groups excluding carboxylic acids is 1. The predicted molar refractivity (Wildman–Crippen MR) is 204 cm³/mol. The van der Waals surface area contributed by atoms with Crippen LogP contribution in [0.1, 0.15) is 10.4 Å². The first kappa shape index (κ1) is 31.5. The molecule has 0 fully saturated rings. The van der Waals surface area contributed by atoms with E-state index < -0.39 is 5.91 Å². The van der Waals surface area contributed by atoms with Crippen LogP contribution >= 0.6 is 23.1 Å². The summed E-state index contributed by atoms with van der Waals surface area (Å²) >= 11 is 2.80. The number of imidazole rings is 1. The minimum Gasteiger partial charge on any atom is -0.327 e. The molecule has 0 aliphatic heterocycles. The molecule has 0 radical (unpaired) electrons. The van der Waals surface area contributed by atoms with E-state index in [9.17, 15) is 4.79 Å². The second-order valence-electron chi connectivity index (χ2n) is 11.8. The molecular weight excluding hydrogens is 689 g/mol. The molecule has 9 aromatic rings. The van der Waals surface area contributed by atoms with Crippen molar-refractivity contribution in [3.8, 4) is 44.9 Å². The highest BCUT2D eigenvalue weighted by Crippen LogP contribution is 2.37. The molecule has 0 spiro atoms. The number of aromatic nitrogens is 9. The number of amides is 1. The number of rotatable bonds is 7. The van der Waals surface area contributed by atoms with Gasteiger partial charge in [-0.3, -0.25) is 4.79 Å². The van der Waals surface area contributed by atoms with Gasteiger partial charge in [0.2, 0.25) is 4.80 Å². The highest BCUT2D eigenvalue weighted by Gasteiger charge is 2.28. The molecule has 0 aliphatic rings. The van der Waals surface area contributed by atoms with Gasteiger partial charge in [0.1, 0.15) is 16.5 Å². The van der Waals surface area contributed by atoms with Crippen LogP contribution in [0.15, 0.2) is 144 Å². The van der Waals surface area contributed by atoms with E-state index >= 15 is 0 Å². The zero-order chi connectivity index (χ0) is 35.2. The van der Waals surface area contributed by atoms with Crippen molar-refractivity contribution in [1.29, 1.82) is 0 Å². The molecule has 0 saturated heterocycles. The molecule has 1 amide bonds. The van der Waals surface area contributed by atoms with E-state index in [2.05, 4.69) is 9.55 Å². The van der Waals surface area contributed by atoms with Crippen LogP contribution in [0.25, 0.3) is 61.5 Å². The van der Waals surface area contributed by atoms with E-state index in [1.54, 1.807) is 27.5 Å². The number of fused-ring (bicyclic) bond motifs is 2. The number of thioether (sulfide) groups is 1. The maximum Gasteiger partial charge on any atom is 0.279 e. The molecule has 11 nitrogen and oxygen atoms in total. The van der Waals surface area contributed by atoms with E-state index in [0.717, 1.165) is 38.6 Å². The second-order valence-corrected chi connectivity index (χ2v) is 13.6. The molecule has 0 atom stereocenters. The first-order valence-corrected chi connectivity index (χ1v) is 18.4. The summed E-state index contributed by atoms with van der Waals surface area (Å²) in [7, 11) is 2.00. The summed E-state index contributed by atoms with van der Waals surface area (Å²) in [5, 5.41) is 16.6. The van der Waals surface area contributed by atoms with E-state index in [-0.39, 0.29) is 0 Å². The van der Waals surface area contributed by atoms with Crippen molar-refractivity contribution in [2.75, 3.05) is 6.26 Å². The van der Waals surface area contributed by atoms with Crippen LogP contribution in [0.4, 0.5) is 0 Å². The normalized spacial score (nSPS) is 11.9. The molecule has 9 rings (SSSR count). The molecule has 0 N–H and O–H groups in total. The second kappa shape index (κ2) is 13.0. The highest BCUT2D eigenvalue weighted by atomic mass is 32.2. The summed E-state index contributed by atoms with van der Waals surface area (Å²) in [6, 6.07) is 40.7. The van der Waals surface area contributed by atoms with Crippen molar-refractivity contribution in [1.82, 2.24) is 43.7 Å². The number of aryl methyl sites for hydroxylation is 1. The van der Waals surface area contributed by atoms with Crippen LogP contribution in [-0.4, -0.2) is 55.9 Å². The monoisotopic (exact) mass is 716 g/mol. The maximum absolute atomic E-state index is 13.8. The fourth-order valence-electron chi connectivity index (χ4n) is 6.18. The third kappa shape index (κ3) is 5.43. The summed E-state index contributed by atoms with van der Waals surface area (Å²) in [6.07, 6.45) is 3.73. The SMILES string of the molecule is CSc1nn(-c2ccccc2)c(-n2nc(-c3ccnc4cc(-c5ccccc5)nn34)sc2=NC(=O)c2ccccc2)c1-c1nc2ccccc2n1C. The van der Waals surface area contributed by atoms with Gasteiger partial charge in [0.05, 0.1) is 28.0 Å². The van der Waals surface area contributed by atoms with Crippen molar-refractivity contribution in [2.45, 2.75) is 5.03 Å². The Kier molecular flexibility index (Phi) is 7.90. The van der Waals surface area contributed by atoms with Gasteiger partial charge in [-0.2, -0.15) is 25.0 Å². The Labute approximate surface area is 305 Å². The first-order chi connectivity index (χ1) is 25.6. The van der Waals surface area contributed by atoms with Crippen molar-refractivity contribution in [2.24, 2.45) is 12.0 Å². The third-order valence-corrected chi connectivity index (χ3v) is 10.3. The molecule has 0 aliphatic carbocycles. The molecule has 5 heterocycles. The number of para-hydroxylation sites is 3. The minimum atomic E-state index is -0.393. The summed E-state index contributed by atoms with van der Waals surface area (Å²) in [4.78, 5) is 28.6. The van der Waals surface area contributed by atoms with Gasteiger partial charge in [0.25, 0.3) is 5.91 Å². The smallest absolute Gasteiger partial charge is 0.279 e. The van der Waals surface area contributed by atoms with Crippen LogP contribution in [0.5, 0.6) is 0 Å². The molecule has 0 saturated carbocycles. The Balaban J connectivity index is 1.35. The molecule has 0 bridgehead atoms. The summed E-state index contributed by atoms with van der Waals surface area (Å²) in [5.74, 6) is 0.901. The van der Waals surface area contributed by atoms with Gasteiger partial charge >= 0.3 is 0 Å². The number of nitrogens with zero attached hydrogens (tertiary/aromatic N) is 10. The lowest BCUT2D eigenvalue weighted by Gasteiger charge is -2.10.